The standard InChI is InChI=1S/C5H9N3S/c1-2-5(9)4(6)3-8-7/h2-3,6,9H,7H2,1H3/b5-2-,6-4?,8-3-. The summed E-state index contributed by atoms with van der Waals surface area (Å²) in [7, 11) is 0. The van der Waals surface area contributed by atoms with Crippen molar-refractivity contribution >= 4 is 24.6 Å². The first-order valence-corrected chi connectivity index (χ1v) is 2.84. The third-order valence-corrected chi connectivity index (χ3v) is 1.25. The van der Waals surface area contributed by atoms with Crippen LogP contribution in [0.1, 0.15) is 6.92 Å². The predicted octanol–water partition coefficient (Wildman–Crippen LogP) is 0.784. The highest BCUT2D eigenvalue weighted by Gasteiger charge is 1.91. The van der Waals surface area contributed by atoms with Gasteiger partial charge in [-0.05, 0) is 6.92 Å². The molecule has 0 aromatic rings. The van der Waals surface area contributed by atoms with Crippen molar-refractivity contribution in [3.05, 3.63) is 11.0 Å². The topological polar surface area (TPSA) is 62.2 Å². The molecule has 0 spiro atoms. The van der Waals surface area contributed by atoms with Gasteiger partial charge in [-0.15, -0.1) is 12.6 Å². The van der Waals surface area contributed by atoms with E-state index < -0.39 is 0 Å². The molecule has 0 unspecified atom stereocenters. The number of nitrogens with one attached hydrogen (secondary N) is 1. The van der Waals surface area contributed by atoms with Gasteiger partial charge in [0.15, 0.2) is 0 Å². The summed E-state index contributed by atoms with van der Waals surface area (Å²) >= 11 is 3.95. The van der Waals surface area contributed by atoms with Crippen LogP contribution in [0.25, 0.3) is 0 Å². The predicted molar refractivity (Wildman–Crippen MR) is 43.1 cm³/mol. The second kappa shape index (κ2) is 4.14. The number of allylic oxidation sites excluding steroid dienone is 2. The maximum atomic E-state index is 7.12. The number of nitrogens with zero attached hydrogens (tertiary/aromatic N) is 1. The van der Waals surface area contributed by atoms with E-state index in [-0.39, 0.29) is 5.71 Å². The van der Waals surface area contributed by atoms with Crippen molar-refractivity contribution in [2.45, 2.75) is 6.92 Å². The van der Waals surface area contributed by atoms with Crippen LogP contribution in [0.15, 0.2) is 16.1 Å². The molecular weight excluding hydrogens is 134 g/mol. The van der Waals surface area contributed by atoms with E-state index in [2.05, 4.69) is 17.7 Å². The molecule has 4 heteroatoms. The Balaban J connectivity index is 4.05. The number of nitrogens with two attached hydrogens (primary N) is 1. The van der Waals surface area contributed by atoms with Crippen molar-refractivity contribution < 1.29 is 0 Å². The fraction of sp³-hybridized carbons (Fsp3) is 0.200. The zero-order chi connectivity index (χ0) is 7.28. The normalized spacial score (nSPS) is 12.4. The van der Waals surface area contributed by atoms with Crippen LogP contribution < -0.4 is 5.84 Å². The van der Waals surface area contributed by atoms with E-state index in [4.69, 9.17) is 11.3 Å². The Hall–Kier alpha value is -0.770. The van der Waals surface area contributed by atoms with Crippen molar-refractivity contribution in [3.8, 4) is 0 Å². The summed E-state index contributed by atoms with van der Waals surface area (Å²) < 4.78 is 0. The molecule has 9 heavy (non-hydrogen) atoms. The molecule has 3 nitrogen and oxygen atoms in total. The minimum absolute atomic E-state index is 0.225. The molecule has 0 aliphatic carbocycles. The van der Waals surface area contributed by atoms with E-state index in [9.17, 15) is 0 Å². The molecule has 0 amide bonds. The van der Waals surface area contributed by atoms with E-state index in [0.717, 1.165) is 0 Å². The molecule has 0 atom stereocenters. The molecule has 0 saturated carbocycles. The van der Waals surface area contributed by atoms with Crippen LogP contribution in [0.3, 0.4) is 0 Å². The number of hydrazone groups is 1. The molecule has 0 aromatic carbocycles. The third kappa shape index (κ3) is 2.92. The van der Waals surface area contributed by atoms with Crippen molar-refractivity contribution in [2.24, 2.45) is 10.9 Å². The maximum Gasteiger partial charge on any atom is 0.0870 e. The third-order valence-electron chi connectivity index (χ3n) is 0.753. The van der Waals surface area contributed by atoms with Gasteiger partial charge in [-0.3, -0.25) is 5.41 Å². The molecule has 0 aromatic heterocycles. The molecule has 0 radical (unpaired) electrons. The van der Waals surface area contributed by atoms with Crippen molar-refractivity contribution in [2.75, 3.05) is 0 Å². The van der Waals surface area contributed by atoms with E-state index in [1.807, 2.05) is 0 Å². The van der Waals surface area contributed by atoms with Gasteiger partial charge in [0.25, 0.3) is 0 Å². The minimum atomic E-state index is 0.225. The SMILES string of the molecule is C/C=C(\S)C(=N)/C=N\N. The Morgan fingerprint density at radius 1 is 1.78 bits per heavy atom. The molecule has 3 N–H and O–H groups in total. The van der Waals surface area contributed by atoms with Crippen LogP contribution in [0.2, 0.25) is 0 Å². The molecule has 0 aliphatic rings. The lowest BCUT2D eigenvalue weighted by molar-refractivity contribution is 1.27. The van der Waals surface area contributed by atoms with Crippen molar-refractivity contribution in [3.63, 3.8) is 0 Å². The Labute approximate surface area is 59.6 Å². The lowest BCUT2D eigenvalue weighted by atomic mass is 10.3. The zero-order valence-electron chi connectivity index (χ0n) is 5.13. The molecule has 0 rings (SSSR count). The van der Waals surface area contributed by atoms with Gasteiger partial charge in [0, 0.05) is 4.91 Å². The molecule has 0 heterocycles. The second-order valence-electron chi connectivity index (χ2n) is 1.37. The molecule has 0 saturated heterocycles. The fourth-order valence-electron chi connectivity index (χ4n) is 0.296. The first kappa shape index (κ1) is 8.23. The first-order chi connectivity index (χ1) is 4.22. The van der Waals surface area contributed by atoms with Gasteiger partial charge in [-0.25, -0.2) is 0 Å². The van der Waals surface area contributed by atoms with E-state index in [1.54, 1.807) is 13.0 Å². The zero-order valence-corrected chi connectivity index (χ0v) is 6.02. The summed E-state index contributed by atoms with van der Waals surface area (Å²) in [4.78, 5) is 0.573. The smallest absolute Gasteiger partial charge is 0.0870 e. The lowest BCUT2D eigenvalue weighted by Crippen LogP contribution is -1.99. The van der Waals surface area contributed by atoms with Gasteiger partial charge < -0.3 is 5.84 Å². The van der Waals surface area contributed by atoms with Crippen LogP contribution in [-0.2, 0) is 0 Å². The first-order valence-electron chi connectivity index (χ1n) is 2.39. The highest BCUT2D eigenvalue weighted by atomic mass is 32.1. The van der Waals surface area contributed by atoms with E-state index in [0.29, 0.717) is 4.91 Å². The number of rotatable bonds is 2. The van der Waals surface area contributed by atoms with Crippen LogP contribution in [0.4, 0.5) is 0 Å². The average Bonchev–Trinajstić information content (AvgIpc) is 1.87. The molecule has 0 bridgehead atoms. The van der Waals surface area contributed by atoms with Gasteiger partial charge in [0.2, 0.25) is 0 Å². The number of hydrogen-bond acceptors (Lipinski definition) is 4. The molecular formula is C5H9N3S. The average molecular weight is 143 g/mol. The summed E-state index contributed by atoms with van der Waals surface area (Å²) in [6.07, 6.45) is 2.94. The Morgan fingerprint density at radius 2 is 2.33 bits per heavy atom. The largest absolute Gasteiger partial charge is 0.323 e. The maximum absolute atomic E-state index is 7.12. The monoisotopic (exact) mass is 143 g/mol. The summed E-state index contributed by atoms with van der Waals surface area (Å²) in [6.45, 7) is 1.79. The summed E-state index contributed by atoms with van der Waals surface area (Å²) in [5, 5.41) is 10.3. The fourth-order valence-corrected chi connectivity index (χ4v) is 0.354. The Morgan fingerprint density at radius 3 is 2.67 bits per heavy atom. The minimum Gasteiger partial charge on any atom is -0.323 e. The van der Waals surface area contributed by atoms with Gasteiger partial charge in [-0.2, -0.15) is 5.10 Å². The van der Waals surface area contributed by atoms with E-state index in [1.165, 1.54) is 6.21 Å². The van der Waals surface area contributed by atoms with Crippen molar-refractivity contribution in [1.82, 2.24) is 0 Å². The lowest BCUT2D eigenvalue weighted by Gasteiger charge is -1.90. The second-order valence-corrected chi connectivity index (χ2v) is 1.85. The van der Waals surface area contributed by atoms with Crippen molar-refractivity contribution in [1.29, 1.82) is 5.41 Å². The highest BCUT2D eigenvalue weighted by molar-refractivity contribution is 7.85. The quantitative estimate of drug-likeness (QED) is 0.227. The Kier molecular flexibility index (Phi) is 3.79. The van der Waals surface area contributed by atoms with Crippen LogP contribution >= 0.6 is 12.6 Å². The molecule has 0 aliphatic heterocycles. The van der Waals surface area contributed by atoms with Gasteiger partial charge >= 0.3 is 0 Å². The van der Waals surface area contributed by atoms with Crippen LogP contribution in [-0.4, -0.2) is 11.9 Å². The highest BCUT2D eigenvalue weighted by Crippen LogP contribution is 1.98. The van der Waals surface area contributed by atoms with Crippen LogP contribution in [0, 0.1) is 5.41 Å². The summed E-state index contributed by atoms with van der Waals surface area (Å²) in [6, 6.07) is 0. The van der Waals surface area contributed by atoms with Gasteiger partial charge in [0.1, 0.15) is 0 Å². The number of thiol groups is 1. The molecule has 0 fully saturated rings. The van der Waals surface area contributed by atoms with E-state index >= 15 is 0 Å². The Bertz CT molecular complexity index is 160. The van der Waals surface area contributed by atoms with Gasteiger partial charge in [-0.1, -0.05) is 6.08 Å². The van der Waals surface area contributed by atoms with Gasteiger partial charge in [0.05, 0.1) is 11.9 Å². The van der Waals surface area contributed by atoms with Crippen LogP contribution in [0.5, 0.6) is 0 Å². The summed E-state index contributed by atoms with van der Waals surface area (Å²) in [5.41, 5.74) is 0.225. The molecule has 50 valence electrons. The summed E-state index contributed by atoms with van der Waals surface area (Å²) in [5.74, 6) is 4.79. The number of hydrogen-bond donors (Lipinski definition) is 3.